The van der Waals surface area contributed by atoms with Crippen LogP contribution in [0.5, 0.6) is 0 Å². The van der Waals surface area contributed by atoms with Gasteiger partial charge in [0, 0.05) is 32.6 Å². The highest BCUT2D eigenvalue weighted by Crippen LogP contribution is 2.13. The number of nitriles is 1. The molecule has 0 spiro atoms. The molecule has 1 fully saturated rings. The molecule has 1 N–H and O–H groups in total. The zero-order valence-corrected chi connectivity index (χ0v) is 11.3. The second kappa shape index (κ2) is 8.06. The topological polar surface area (TPSA) is 65.4 Å². The van der Waals surface area contributed by atoms with Gasteiger partial charge < -0.3 is 10.1 Å². The number of hydrogen-bond acceptors (Lipinski definition) is 4. The first kappa shape index (κ1) is 14.9. The van der Waals surface area contributed by atoms with Crippen molar-refractivity contribution < 1.29 is 9.53 Å². The van der Waals surface area contributed by atoms with Crippen LogP contribution in [0.15, 0.2) is 0 Å². The van der Waals surface area contributed by atoms with E-state index < -0.39 is 0 Å². The lowest BCUT2D eigenvalue weighted by Gasteiger charge is -2.26. The molecule has 1 atom stereocenters. The maximum Gasteiger partial charge on any atom is 0.221 e. The molecule has 0 aromatic carbocycles. The molecule has 0 bridgehead atoms. The van der Waals surface area contributed by atoms with Crippen LogP contribution < -0.4 is 5.32 Å². The molecule has 102 valence electrons. The maximum absolute atomic E-state index is 11.7. The Labute approximate surface area is 109 Å². The monoisotopic (exact) mass is 253 g/mol. The van der Waals surface area contributed by atoms with Gasteiger partial charge in [-0.3, -0.25) is 9.69 Å². The van der Waals surface area contributed by atoms with Gasteiger partial charge in [0.1, 0.15) is 0 Å². The SMILES string of the molecule is CC(C)C(C#N)CC(=O)NCCN1CCOCC1. The number of carbonyl (C=O) groups is 1. The molecule has 1 unspecified atom stereocenters. The lowest BCUT2D eigenvalue weighted by molar-refractivity contribution is -0.122. The zero-order chi connectivity index (χ0) is 13.4. The van der Waals surface area contributed by atoms with E-state index in [0.717, 1.165) is 32.8 Å². The standard InChI is InChI=1S/C13H23N3O2/c1-11(2)12(10-14)9-13(17)15-3-4-16-5-7-18-8-6-16/h11-12H,3-9H2,1-2H3,(H,15,17). The van der Waals surface area contributed by atoms with Crippen molar-refractivity contribution in [2.24, 2.45) is 11.8 Å². The second-order valence-corrected chi connectivity index (χ2v) is 4.99. The summed E-state index contributed by atoms with van der Waals surface area (Å²) in [7, 11) is 0. The van der Waals surface area contributed by atoms with Gasteiger partial charge in [-0.25, -0.2) is 0 Å². The summed E-state index contributed by atoms with van der Waals surface area (Å²) in [4.78, 5) is 13.9. The fourth-order valence-electron chi connectivity index (χ4n) is 1.88. The van der Waals surface area contributed by atoms with Crippen molar-refractivity contribution in [2.75, 3.05) is 39.4 Å². The molecule has 1 amide bonds. The molecule has 1 saturated heterocycles. The Kier molecular flexibility index (Phi) is 6.69. The molecule has 1 aliphatic rings. The molecule has 0 radical (unpaired) electrons. The highest BCUT2D eigenvalue weighted by molar-refractivity contribution is 5.76. The number of hydrogen-bond donors (Lipinski definition) is 1. The number of rotatable bonds is 6. The molecular formula is C13H23N3O2. The summed E-state index contributed by atoms with van der Waals surface area (Å²) in [6, 6.07) is 2.18. The van der Waals surface area contributed by atoms with Crippen molar-refractivity contribution >= 4 is 5.91 Å². The summed E-state index contributed by atoms with van der Waals surface area (Å²) < 4.78 is 5.26. The number of ether oxygens (including phenoxy) is 1. The summed E-state index contributed by atoms with van der Waals surface area (Å²) in [6.07, 6.45) is 0.303. The van der Waals surface area contributed by atoms with Gasteiger partial charge in [-0.2, -0.15) is 5.26 Å². The Bertz CT molecular complexity index is 293. The van der Waals surface area contributed by atoms with Gasteiger partial charge in [-0.05, 0) is 5.92 Å². The Balaban J connectivity index is 2.14. The minimum Gasteiger partial charge on any atom is -0.379 e. The van der Waals surface area contributed by atoms with Crippen LogP contribution in [-0.4, -0.2) is 50.2 Å². The average molecular weight is 253 g/mol. The van der Waals surface area contributed by atoms with Crippen LogP contribution in [0, 0.1) is 23.2 Å². The van der Waals surface area contributed by atoms with Crippen molar-refractivity contribution in [2.45, 2.75) is 20.3 Å². The molecule has 1 heterocycles. The number of nitrogens with zero attached hydrogens (tertiary/aromatic N) is 2. The molecular weight excluding hydrogens is 230 g/mol. The van der Waals surface area contributed by atoms with Gasteiger partial charge in [0.05, 0.1) is 25.2 Å². The van der Waals surface area contributed by atoms with E-state index in [-0.39, 0.29) is 17.7 Å². The van der Waals surface area contributed by atoms with Crippen molar-refractivity contribution in [3.8, 4) is 6.07 Å². The predicted octanol–water partition coefficient (Wildman–Crippen LogP) is 0.621. The number of amides is 1. The van der Waals surface area contributed by atoms with Crippen molar-refractivity contribution in [1.82, 2.24) is 10.2 Å². The van der Waals surface area contributed by atoms with E-state index >= 15 is 0 Å². The van der Waals surface area contributed by atoms with Crippen molar-refractivity contribution in [3.05, 3.63) is 0 Å². The van der Waals surface area contributed by atoms with Gasteiger partial charge in [-0.15, -0.1) is 0 Å². The van der Waals surface area contributed by atoms with Crippen LogP contribution in [0.3, 0.4) is 0 Å². The van der Waals surface area contributed by atoms with Gasteiger partial charge in [0.25, 0.3) is 0 Å². The zero-order valence-electron chi connectivity index (χ0n) is 11.3. The molecule has 1 aliphatic heterocycles. The van der Waals surface area contributed by atoms with Gasteiger partial charge in [0.15, 0.2) is 0 Å². The highest BCUT2D eigenvalue weighted by atomic mass is 16.5. The largest absolute Gasteiger partial charge is 0.379 e. The molecule has 0 aromatic heterocycles. The highest BCUT2D eigenvalue weighted by Gasteiger charge is 2.17. The lowest BCUT2D eigenvalue weighted by atomic mass is 9.94. The van der Waals surface area contributed by atoms with Crippen LogP contribution in [0.2, 0.25) is 0 Å². The first-order valence-corrected chi connectivity index (χ1v) is 6.60. The van der Waals surface area contributed by atoms with Crippen LogP contribution in [0.1, 0.15) is 20.3 Å². The van der Waals surface area contributed by atoms with E-state index in [1.807, 2.05) is 13.8 Å². The number of nitrogens with one attached hydrogen (secondary N) is 1. The van der Waals surface area contributed by atoms with Gasteiger partial charge >= 0.3 is 0 Å². The molecule has 18 heavy (non-hydrogen) atoms. The lowest BCUT2D eigenvalue weighted by Crippen LogP contribution is -2.41. The third-order valence-corrected chi connectivity index (χ3v) is 3.23. The van der Waals surface area contributed by atoms with Crippen LogP contribution in [-0.2, 0) is 9.53 Å². The predicted molar refractivity (Wildman–Crippen MR) is 68.8 cm³/mol. The minimum atomic E-state index is -0.187. The van der Waals surface area contributed by atoms with Gasteiger partial charge in [0.2, 0.25) is 5.91 Å². The van der Waals surface area contributed by atoms with E-state index in [9.17, 15) is 4.79 Å². The van der Waals surface area contributed by atoms with E-state index in [0.29, 0.717) is 13.0 Å². The second-order valence-electron chi connectivity index (χ2n) is 4.99. The number of morpholine rings is 1. The van der Waals surface area contributed by atoms with E-state index in [4.69, 9.17) is 10.00 Å². The van der Waals surface area contributed by atoms with Gasteiger partial charge in [-0.1, -0.05) is 13.8 Å². The molecule has 5 heteroatoms. The summed E-state index contributed by atoms with van der Waals surface area (Å²) >= 11 is 0. The van der Waals surface area contributed by atoms with Crippen LogP contribution in [0.4, 0.5) is 0 Å². The molecule has 1 rings (SSSR count). The third kappa shape index (κ3) is 5.48. The summed E-state index contributed by atoms with van der Waals surface area (Å²) in [5.74, 6) is 0.0110. The van der Waals surface area contributed by atoms with Crippen molar-refractivity contribution in [1.29, 1.82) is 5.26 Å². The fraction of sp³-hybridized carbons (Fsp3) is 0.846. The molecule has 0 saturated carbocycles. The third-order valence-electron chi connectivity index (χ3n) is 3.23. The smallest absolute Gasteiger partial charge is 0.221 e. The summed E-state index contributed by atoms with van der Waals surface area (Å²) in [5, 5.41) is 11.8. The quantitative estimate of drug-likeness (QED) is 0.753. The summed E-state index contributed by atoms with van der Waals surface area (Å²) in [6.45, 7) is 8.86. The molecule has 5 nitrogen and oxygen atoms in total. The van der Waals surface area contributed by atoms with Crippen molar-refractivity contribution in [3.63, 3.8) is 0 Å². The Morgan fingerprint density at radius 2 is 2.11 bits per heavy atom. The maximum atomic E-state index is 11.7. The van der Waals surface area contributed by atoms with E-state index in [2.05, 4.69) is 16.3 Å². The Morgan fingerprint density at radius 3 is 2.67 bits per heavy atom. The Hall–Kier alpha value is -1.12. The molecule has 0 aliphatic carbocycles. The van der Waals surface area contributed by atoms with E-state index in [1.54, 1.807) is 0 Å². The van der Waals surface area contributed by atoms with Crippen LogP contribution >= 0.6 is 0 Å². The Morgan fingerprint density at radius 1 is 1.44 bits per heavy atom. The average Bonchev–Trinajstić information content (AvgIpc) is 2.37. The first-order chi connectivity index (χ1) is 8.63. The normalized spacial score (nSPS) is 18.3. The molecule has 0 aromatic rings. The first-order valence-electron chi connectivity index (χ1n) is 6.60. The number of carbonyl (C=O) groups excluding carboxylic acids is 1. The van der Waals surface area contributed by atoms with E-state index in [1.165, 1.54) is 0 Å². The van der Waals surface area contributed by atoms with Crippen LogP contribution in [0.25, 0.3) is 0 Å². The minimum absolute atomic E-state index is 0.0245. The fourth-order valence-corrected chi connectivity index (χ4v) is 1.88. The summed E-state index contributed by atoms with van der Waals surface area (Å²) in [5.41, 5.74) is 0.